The van der Waals surface area contributed by atoms with Gasteiger partial charge in [0, 0.05) is 24.7 Å². The minimum atomic E-state index is -1.10. The van der Waals surface area contributed by atoms with Gasteiger partial charge in [-0.05, 0) is 63.1 Å². The van der Waals surface area contributed by atoms with Crippen molar-refractivity contribution in [3.8, 4) is 0 Å². The zero-order valence-electron chi connectivity index (χ0n) is 23.3. The number of hydrogen-bond acceptors (Lipinski definition) is 8. The third-order valence-electron chi connectivity index (χ3n) is 7.48. The molecule has 1 unspecified atom stereocenters. The maximum absolute atomic E-state index is 12.8. The van der Waals surface area contributed by atoms with Crippen LogP contribution in [0.2, 0.25) is 0 Å². The first-order valence-corrected chi connectivity index (χ1v) is 15.1. The number of carboxylic acid groups (broad SMARTS) is 1. The monoisotopic (exact) mass is 566 g/mol. The summed E-state index contributed by atoms with van der Waals surface area (Å²) in [7, 11) is 0. The van der Waals surface area contributed by atoms with E-state index in [1.807, 2.05) is 29.4 Å². The molecule has 1 N–H and O–H groups in total. The number of nitro benzene ring substituents is 1. The van der Waals surface area contributed by atoms with E-state index in [0.717, 1.165) is 32.5 Å². The highest BCUT2D eigenvalue weighted by molar-refractivity contribution is 8.13. The molecule has 0 aromatic heterocycles. The highest BCUT2D eigenvalue weighted by Gasteiger charge is 2.37. The van der Waals surface area contributed by atoms with E-state index in [2.05, 4.69) is 17.0 Å². The van der Waals surface area contributed by atoms with Crippen LogP contribution in [0.5, 0.6) is 0 Å². The van der Waals surface area contributed by atoms with Gasteiger partial charge < -0.3 is 19.6 Å². The Morgan fingerprint density at radius 1 is 1.15 bits per heavy atom. The number of aliphatic carboxylic acids is 1. The molecule has 0 radical (unpaired) electrons. The molecule has 1 fully saturated rings. The average Bonchev–Trinajstić information content (AvgIpc) is 2.96. The van der Waals surface area contributed by atoms with Crippen molar-refractivity contribution in [3.05, 3.63) is 86.6 Å². The van der Waals surface area contributed by atoms with Gasteiger partial charge in [-0.3, -0.25) is 10.1 Å². The maximum atomic E-state index is 12.8. The predicted molar refractivity (Wildman–Crippen MR) is 159 cm³/mol. The number of rotatable bonds is 12. The van der Waals surface area contributed by atoms with Gasteiger partial charge in [-0.15, -0.1) is 0 Å². The standard InChI is InChI=1S/C30H38N4O5S/c1-22-13-14-24(20-26(22)34(37)38)28-27(29(35)36)25(21-39-19-18-32-15-7-4-8-16-32)31-30(40-2)33(28)17-9-12-23-10-5-3-6-11-23/h3,5-6,10-11,13-14,20,28H,4,7-9,12,15-19,21H2,1-2H3,(H,35,36). The lowest BCUT2D eigenvalue weighted by atomic mass is 9.92. The molecule has 2 aliphatic rings. The topological polar surface area (TPSA) is 109 Å². The fraction of sp³-hybridized carbons (Fsp3) is 0.467. The first-order valence-electron chi connectivity index (χ1n) is 13.8. The average molecular weight is 567 g/mol. The lowest BCUT2D eigenvalue weighted by molar-refractivity contribution is -0.385. The maximum Gasteiger partial charge on any atom is 0.336 e. The second kappa shape index (κ2) is 14.4. The summed E-state index contributed by atoms with van der Waals surface area (Å²) in [5, 5.41) is 22.9. The van der Waals surface area contributed by atoms with Crippen LogP contribution in [-0.2, 0) is 16.0 Å². The number of hydrogen-bond donors (Lipinski definition) is 1. The molecule has 2 aromatic rings. The highest BCUT2D eigenvalue weighted by atomic mass is 32.2. The van der Waals surface area contributed by atoms with Crippen LogP contribution >= 0.6 is 11.8 Å². The molecule has 1 saturated heterocycles. The number of nitrogens with zero attached hydrogens (tertiary/aromatic N) is 4. The number of carboxylic acids is 1. The molecule has 2 heterocycles. The molecule has 4 rings (SSSR count). The van der Waals surface area contributed by atoms with E-state index in [9.17, 15) is 20.0 Å². The Kier molecular flexibility index (Phi) is 10.7. The van der Waals surface area contributed by atoms with E-state index in [4.69, 9.17) is 9.73 Å². The van der Waals surface area contributed by atoms with Gasteiger partial charge in [0.2, 0.25) is 0 Å². The third kappa shape index (κ3) is 7.50. The Balaban J connectivity index is 1.63. The number of aliphatic imine (C=N–C) groups is 1. The highest BCUT2D eigenvalue weighted by Crippen LogP contribution is 2.39. The number of piperidine rings is 1. The van der Waals surface area contributed by atoms with E-state index in [-0.39, 0.29) is 17.9 Å². The molecule has 40 heavy (non-hydrogen) atoms. The predicted octanol–water partition coefficient (Wildman–Crippen LogP) is 5.45. The minimum Gasteiger partial charge on any atom is -0.478 e. The van der Waals surface area contributed by atoms with Gasteiger partial charge in [-0.25, -0.2) is 9.79 Å². The van der Waals surface area contributed by atoms with Crippen LogP contribution in [0.3, 0.4) is 0 Å². The van der Waals surface area contributed by atoms with Gasteiger partial charge in [-0.2, -0.15) is 0 Å². The molecule has 214 valence electrons. The molecule has 0 bridgehead atoms. The summed E-state index contributed by atoms with van der Waals surface area (Å²) < 4.78 is 5.98. The number of ether oxygens (including phenoxy) is 1. The molecule has 0 saturated carbocycles. The first kappa shape index (κ1) is 29.8. The Bertz CT molecular complexity index is 1240. The molecule has 2 aromatic carbocycles. The number of aryl methyl sites for hydroxylation is 2. The van der Waals surface area contributed by atoms with Crippen molar-refractivity contribution >= 4 is 28.6 Å². The van der Waals surface area contributed by atoms with Crippen molar-refractivity contribution in [2.75, 3.05) is 45.6 Å². The van der Waals surface area contributed by atoms with Crippen molar-refractivity contribution in [2.24, 2.45) is 4.99 Å². The molecule has 10 heteroatoms. The van der Waals surface area contributed by atoms with Gasteiger partial charge in [0.25, 0.3) is 5.69 Å². The van der Waals surface area contributed by atoms with E-state index in [0.29, 0.717) is 35.1 Å². The molecule has 9 nitrogen and oxygen atoms in total. The Labute approximate surface area is 240 Å². The smallest absolute Gasteiger partial charge is 0.336 e. The molecule has 1 atom stereocenters. The van der Waals surface area contributed by atoms with Crippen molar-refractivity contribution in [3.63, 3.8) is 0 Å². The lowest BCUT2D eigenvalue weighted by Crippen LogP contribution is -2.40. The number of carbonyl (C=O) groups is 1. The normalized spacial score (nSPS) is 18.1. The summed E-state index contributed by atoms with van der Waals surface area (Å²) in [5.41, 5.74) is 2.72. The molecule has 0 spiro atoms. The first-order chi connectivity index (χ1) is 19.4. The van der Waals surface area contributed by atoms with Crippen molar-refractivity contribution in [2.45, 2.75) is 45.1 Å². The molecular formula is C30H38N4O5S. The summed E-state index contributed by atoms with van der Waals surface area (Å²) in [6.07, 6.45) is 7.15. The van der Waals surface area contributed by atoms with Crippen LogP contribution < -0.4 is 0 Å². The van der Waals surface area contributed by atoms with Crippen LogP contribution in [0.4, 0.5) is 5.69 Å². The zero-order valence-corrected chi connectivity index (χ0v) is 24.1. The number of amidine groups is 1. The SMILES string of the molecule is CSC1=NC(COCCN2CCCCC2)=C(C(=O)O)C(c2ccc(C)c([N+](=O)[O-])c2)N1CCCc1ccccc1. The molecule has 0 amide bonds. The summed E-state index contributed by atoms with van der Waals surface area (Å²) in [6, 6.07) is 14.4. The van der Waals surface area contributed by atoms with Crippen LogP contribution in [0.15, 0.2) is 64.8 Å². The van der Waals surface area contributed by atoms with Gasteiger partial charge >= 0.3 is 5.97 Å². The van der Waals surface area contributed by atoms with Gasteiger partial charge in [0.1, 0.15) is 0 Å². The van der Waals surface area contributed by atoms with E-state index in [1.54, 1.807) is 19.1 Å². The van der Waals surface area contributed by atoms with E-state index < -0.39 is 16.9 Å². The Hall–Kier alpha value is -3.21. The second-order valence-corrected chi connectivity index (χ2v) is 11.0. The summed E-state index contributed by atoms with van der Waals surface area (Å²) >= 11 is 1.44. The minimum absolute atomic E-state index is 0.0287. The Morgan fingerprint density at radius 3 is 2.58 bits per heavy atom. The van der Waals surface area contributed by atoms with Gasteiger partial charge in [-0.1, -0.05) is 60.6 Å². The number of benzene rings is 2. The quantitative estimate of drug-likeness (QED) is 0.205. The van der Waals surface area contributed by atoms with Crippen molar-refractivity contribution < 1.29 is 19.6 Å². The van der Waals surface area contributed by atoms with Gasteiger partial charge in [0.15, 0.2) is 5.17 Å². The van der Waals surface area contributed by atoms with Crippen molar-refractivity contribution in [1.82, 2.24) is 9.80 Å². The van der Waals surface area contributed by atoms with E-state index >= 15 is 0 Å². The number of nitro groups is 1. The number of likely N-dealkylation sites (tertiary alicyclic amines) is 1. The number of thioether (sulfide) groups is 1. The Morgan fingerprint density at radius 2 is 1.90 bits per heavy atom. The molecule has 2 aliphatic heterocycles. The summed E-state index contributed by atoms with van der Waals surface area (Å²) in [6.45, 7) is 5.71. The van der Waals surface area contributed by atoms with E-state index in [1.165, 1.54) is 42.7 Å². The van der Waals surface area contributed by atoms with Crippen LogP contribution in [0.1, 0.15) is 48.4 Å². The third-order valence-corrected chi connectivity index (χ3v) is 8.17. The lowest BCUT2D eigenvalue weighted by Gasteiger charge is -2.38. The van der Waals surface area contributed by atoms with Crippen LogP contribution in [-0.4, -0.2) is 76.6 Å². The van der Waals surface area contributed by atoms with Crippen LogP contribution in [0.25, 0.3) is 0 Å². The van der Waals surface area contributed by atoms with Crippen LogP contribution in [0, 0.1) is 17.0 Å². The fourth-order valence-electron chi connectivity index (χ4n) is 5.39. The largest absolute Gasteiger partial charge is 0.478 e. The van der Waals surface area contributed by atoms with Crippen molar-refractivity contribution in [1.29, 1.82) is 0 Å². The zero-order chi connectivity index (χ0) is 28.5. The second-order valence-electron chi connectivity index (χ2n) is 10.2. The molecular weight excluding hydrogens is 528 g/mol. The summed E-state index contributed by atoms with van der Waals surface area (Å²) in [4.78, 5) is 33.3. The van der Waals surface area contributed by atoms with Gasteiger partial charge in [0.05, 0.1) is 35.4 Å². The molecule has 0 aliphatic carbocycles. The fourth-order valence-corrected chi connectivity index (χ4v) is 6.02. The summed E-state index contributed by atoms with van der Waals surface area (Å²) in [5.74, 6) is -1.10.